The maximum absolute atomic E-state index is 10.3. The molecular weight excluding hydrogens is 176 g/mol. The summed E-state index contributed by atoms with van der Waals surface area (Å²) in [5.41, 5.74) is 1.03. The molecule has 1 saturated carbocycles. The first-order chi connectivity index (χ1) is 6.90. The van der Waals surface area contributed by atoms with Gasteiger partial charge in [0.05, 0.1) is 12.2 Å². The zero-order chi connectivity index (χ0) is 9.80. The van der Waals surface area contributed by atoms with Crippen LogP contribution in [-0.4, -0.2) is 16.1 Å². The molecule has 0 N–H and O–H groups in total. The Morgan fingerprint density at radius 1 is 1.43 bits per heavy atom. The van der Waals surface area contributed by atoms with Crippen LogP contribution >= 0.6 is 0 Å². The third-order valence-electron chi connectivity index (χ3n) is 2.92. The average Bonchev–Trinajstić information content (AvgIpc) is 2.68. The van der Waals surface area contributed by atoms with E-state index < -0.39 is 0 Å². The van der Waals surface area contributed by atoms with Crippen molar-refractivity contribution in [1.82, 2.24) is 9.78 Å². The Morgan fingerprint density at radius 2 is 2.21 bits per heavy atom. The van der Waals surface area contributed by atoms with E-state index in [4.69, 9.17) is 0 Å². The van der Waals surface area contributed by atoms with Crippen LogP contribution in [0.15, 0.2) is 12.4 Å². The number of hydrogen-bond acceptors (Lipinski definition) is 2. The van der Waals surface area contributed by atoms with Crippen LogP contribution in [-0.2, 0) is 11.2 Å². The fourth-order valence-corrected chi connectivity index (χ4v) is 2.12. The van der Waals surface area contributed by atoms with Gasteiger partial charge in [-0.1, -0.05) is 19.3 Å². The van der Waals surface area contributed by atoms with Gasteiger partial charge in [-0.2, -0.15) is 5.10 Å². The number of aromatic nitrogens is 2. The van der Waals surface area contributed by atoms with Crippen LogP contribution < -0.4 is 0 Å². The van der Waals surface area contributed by atoms with E-state index in [1.165, 1.54) is 32.1 Å². The van der Waals surface area contributed by atoms with Crippen molar-refractivity contribution in [3.8, 4) is 0 Å². The Labute approximate surface area is 84.1 Å². The molecule has 0 aliphatic heterocycles. The molecule has 1 fully saturated rings. The fourth-order valence-electron chi connectivity index (χ4n) is 2.12. The molecule has 3 heteroatoms. The molecule has 0 saturated heterocycles. The highest BCUT2D eigenvalue weighted by atomic mass is 16.1. The highest BCUT2D eigenvalue weighted by Gasteiger charge is 2.15. The smallest absolute Gasteiger partial charge is 0.124 e. The number of carbonyl (C=O) groups is 1. The van der Waals surface area contributed by atoms with E-state index in [-0.39, 0.29) is 0 Å². The summed E-state index contributed by atoms with van der Waals surface area (Å²) in [4.78, 5) is 10.3. The van der Waals surface area contributed by atoms with E-state index in [2.05, 4.69) is 5.10 Å². The zero-order valence-corrected chi connectivity index (χ0v) is 8.35. The van der Waals surface area contributed by atoms with Crippen molar-refractivity contribution < 1.29 is 4.79 Å². The molecule has 76 valence electrons. The van der Waals surface area contributed by atoms with Crippen LogP contribution in [0.25, 0.3) is 0 Å². The third-order valence-corrected chi connectivity index (χ3v) is 2.92. The van der Waals surface area contributed by atoms with Crippen molar-refractivity contribution in [2.45, 2.75) is 44.6 Å². The summed E-state index contributed by atoms with van der Waals surface area (Å²) in [6.45, 7) is 0. The third kappa shape index (κ3) is 2.03. The summed E-state index contributed by atoms with van der Waals surface area (Å²) in [5.74, 6) is 0. The molecule has 0 spiro atoms. The number of carbonyl (C=O) groups excluding carboxylic acids is 1. The van der Waals surface area contributed by atoms with E-state index in [0.29, 0.717) is 12.5 Å². The van der Waals surface area contributed by atoms with Crippen LogP contribution in [0.3, 0.4) is 0 Å². The molecule has 0 atom stereocenters. The van der Waals surface area contributed by atoms with E-state index in [1.54, 1.807) is 0 Å². The van der Waals surface area contributed by atoms with Gasteiger partial charge in [-0.05, 0) is 18.4 Å². The monoisotopic (exact) mass is 192 g/mol. The molecule has 1 aromatic heterocycles. The van der Waals surface area contributed by atoms with E-state index in [0.717, 1.165) is 11.8 Å². The standard InChI is InChI=1S/C11H16N2O/c14-7-6-10-8-12-13(9-10)11-4-2-1-3-5-11/h7-9,11H,1-6H2. The normalized spacial score (nSPS) is 18.3. The summed E-state index contributed by atoms with van der Waals surface area (Å²) in [7, 11) is 0. The summed E-state index contributed by atoms with van der Waals surface area (Å²) in [6, 6.07) is 0.573. The van der Waals surface area contributed by atoms with E-state index >= 15 is 0 Å². The van der Waals surface area contributed by atoms with Gasteiger partial charge >= 0.3 is 0 Å². The first-order valence-corrected chi connectivity index (χ1v) is 5.37. The molecule has 0 radical (unpaired) electrons. The Bertz CT molecular complexity index is 300. The molecular formula is C11H16N2O. The first kappa shape index (κ1) is 9.44. The van der Waals surface area contributed by atoms with Crippen molar-refractivity contribution in [1.29, 1.82) is 0 Å². The summed E-state index contributed by atoms with van der Waals surface area (Å²) in [6.07, 6.45) is 11.7. The second-order valence-corrected chi connectivity index (χ2v) is 3.99. The number of hydrogen-bond donors (Lipinski definition) is 0. The van der Waals surface area contributed by atoms with Gasteiger partial charge in [-0.15, -0.1) is 0 Å². The molecule has 0 unspecified atom stereocenters. The minimum absolute atomic E-state index is 0.493. The van der Waals surface area contributed by atoms with Crippen LogP contribution in [0.4, 0.5) is 0 Å². The van der Waals surface area contributed by atoms with E-state index in [9.17, 15) is 4.79 Å². The van der Waals surface area contributed by atoms with Crippen LogP contribution in [0, 0.1) is 0 Å². The predicted octanol–water partition coefficient (Wildman–Crippen LogP) is 2.13. The molecule has 2 rings (SSSR count). The molecule has 0 bridgehead atoms. The number of rotatable bonds is 3. The Balaban J connectivity index is 2.03. The van der Waals surface area contributed by atoms with Crippen molar-refractivity contribution in [3.05, 3.63) is 18.0 Å². The fraction of sp³-hybridized carbons (Fsp3) is 0.636. The molecule has 1 aliphatic carbocycles. The maximum atomic E-state index is 10.3. The van der Waals surface area contributed by atoms with Crippen molar-refractivity contribution in [3.63, 3.8) is 0 Å². The van der Waals surface area contributed by atoms with Crippen LogP contribution in [0.5, 0.6) is 0 Å². The van der Waals surface area contributed by atoms with Gasteiger partial charge in [0.15, 0.2) is 0 Å². The summed E-state index contributed by atoms with van der Waals surface area (Å²) < 4.78 is 2.04. The van der Waals surface area contributed by atoms with Gasteiger partial charge in [-0.3, -0.25) is 4.68 Å². The lowest BCUT2D eigenvalue weighted by molar-refractivity contribution is -0.107. The minimum Gasteiger partial charge on any atom is -0.303 e. The second-order valence-electron chi connectivity index (χ2n) is 3.99. The largest absolute Gasteiger partial charge is 0.303 e. The van der Waals surface area contributed by atoms with Crippen molar-refractivity contribution >= 4 is 6.29 Å². The van der Waals surface area contributed by atoms with Gasteiger partial charge < -0.3 is 4.79 Å². The Hall–Kier alpha value is -1.12. The quantitative estimate of drug-likeness (QED) is 0.688. The van der Waals surface area contributed by atoms with Crippen molar-refractivity contribution in [2.75, 3.05) is 0 Å². The van der Waals surface area contributed by atoms with Crippen LogP contribution in [0.2, 0.25) is 0 Å². The van der Waals surface area contributed by atoms with E-state index in [1.807, 2.05) is 17.1 Å². The molecule has 1 aromatic rings. The molecule has 3 nitrogen and oxygen atoms in total. The van der Waals surface area contributed by atoms with Gasteiger partial charge in [-0.25, -0.2) is 0 Å². The first-order valence-electron chi connectivity index (χ1n) is 5.37. The molecule has 14 heavy (non-hydrogen) atoms. The minimum atomic E-state index is 0.493. The molecule has 0 aromatic carbocycles. The highest BCUT2D eigenvalue weighted by Crippen LogP contribution is 2.27. The Kier molecular flexibility index (Phi) is 2.96. The lowest BCUT2D eigenvalue weighted by Gasteiger charge is -2.21. The lowest BCUT2D eigenvalue weighted by Crippen LogP contribution is -2.12. The molecule has 0 amide bonds. The second kappa shape index (κ2) is 4.40. The Morgan fingerprint density at radius 3 is 2.93 bits per heavy atom. The zero-order valence-electron chi connectivity index (χ0n) is 8.35. The SMILES string of the molecule is O=CCc1cnn(C2CCCCC2)c1. The maximum Gasteiger partial charge on any atom is 0.124 e. The topological polar surface area (TPSA) is 34.9 Å². The summed E-state index contributed by atoms with van der Waals surface area (Å²) >= 11 is 0. The molecule has 1 heterocycles. The number of aldehydes is 1. The summed E-state index contributed by atoms with van der Waals surface area (Å²) in [5, 5.41) is 4.32. The lowest BCUT2D eigenvalue weighted by atomic mass is 9.96. The van der Waals surface area contributed by atoms with Gasteiger partial charge in [0.2, 0.25) is 0 Å². The van der Waals surface area contributed by atoms with Crippen LogP contribution in [0.1, 0.15) is 43.7 Å². The van der Waals surface area contributed by atoms with Gasteiger partial charge in [0, 0.05) is 12.6 Å². The predicted molar refractivity (Wildman–Crippen MR) is 54.1 cm³/mol. The van der Waals surface area contributed by atoms with Gasteiger partial charge in [0.1, 0.15) is 6.29 Å². The average molecular weight is 192 g/mol. The molecule has 1 aliphatic rings. The number of nitrogens with zero attached hydrogens (tertiary/aromatic N) is 2. The van der Waals surface area contributed by atoms with Gasteiger partial charge in [0.25, 0.3) is 0 Å². The van der Waals surface area contributed by atoms with Crippen molar-refractivity contribution in [2.24, 2.45) is 0 Å². The highest BCUT2D eigenvalue weighted by molar-refractivity contribution is 5.54.